The molecule has 1 aliphatic rings. The van der Waals surface area contributed by atoms with E-state index in [0.717, 1.165) is 0 Å². The lowest BCUT2D eigenvalue weighted by Gasteiger charge is -2.09. The van der Waals surface area contributed by atoms with E-state index in [0.29, 0.717) is 0 Å². The molecule has 0 amide bonds. The van der Waals surface area contributed by atoms with Gasteiger partial charge >= 0.3 is 0 Å². The third-order valence-corrected chi connectivity index (χ3v) is 6.58. The molecule has 0 saturated carbocycles. The minimum absolute atomic E-state index is 1.35. The van der Waals surface area contributed by atoms with Crippen LogP contribution in [0.2, 0.25) is 0 Å². The predicted octanol–water partition coefficient (Wildman–Crippen LogP) is 9.92. The van der Waals surface area contributed by atoms with Crippen LogP contribution in [0.3, 0.4) is 0 Å². The van der Waals surface area contributed by atoms with E-state index in [4.69, 9.17) is 0 Å². The Labute approximate surface area is 166 Å². The van der Waals surface area contributed by atoms with Gasteiger partial charge < -0.3 is 0 Å². The summed E-state index contributed by atoms with van der Waals surface area (Å²) in [6.45, 7) is 4.78. The fourth-order valence-corrected chi connectivity index (χ4v) is 4.39. The minimum atomic E-state index is 1.35. The number of allylic oxidation sites excluding steroid dienone is 2. The zero-order valence-corrected chi connectivity index (χ0v) is 18.6. The second-order valence-corrected chi connectivity index (χ2v) is 9.13. The number of rotatable bonds is 0. The molecule has 0 fully saturated rings. The summed E-state index contributed by atoms with van der Waals surface area (Å²) in [5.41, 5.74) is 3.39. The average Bonchev–Trinajstić information content (AvgIpc) is 2.64. The summed E-state index contributed by atoms with van der Waals surface area (Å²) in [5.74, 6) is 0. The summed E-state index contributed by atoms with van der Waals surface area (Å²) < 4.78 is 0. The fourth-order valence-electron chi connectivity index (χ4n) is 4.39. The second kappa shape index (κ2) is 18.1. The first-order valence-electron chi connectivity index (χ1n) is 12.5. The Balaban J connectivity index is 2.20. The Morgan fingerprint density at radius 3 is 0.615 bits per heavy atom. The molecule has 0 bridgehead atoms. The SMILES string of the molecule is C/C1=C(\C)CCCCCCCCCCCCCCCCCCCCCC1. The largest absolute Gasteiger partial charge is 0.0744 e. The normalized spacial score (nSPS) is 26.1. The maximum Gasteiger partial charge on any atom is -0.0320 e. The molecule has 0 aromatic heterocycles. The predicted molar refractivity (Wildman–Crippen MR) is 120 cm³/mol. The van der Waals surface area contributed by atoms with Crippen LogP contribution in [0.5, 0.6) is 0 Å². The molecule has 0 aliphatic heterocycles. The molecule has 0 aromatic carbocycles. The van der Waals surface area contributed by atoms with Crippen LogP contribution in [0.4, 0.5) is 0 Å². The van der Waals surface area contributed by atoms with E-state index in [-0.39, 0.29) is 0 Å². The van der Waals surface area contributed by atoms with Gasteiger partial charge in [0.25, 0.3) is 0 Å². The van der Waals surface area contributed by atoms with Gasteiger partial charge in [0.2, 0.25) is 0 Å². The molecule has 0 atom stereocenters. The van der Waals surface area contributed by atoms with E-state index in [1.165, 1.54) is 141 Å². The lowest BCUT2D eigenvalue weighted by molar-refractivity contribution is 0.519. The third-order valence-electron chi connectivity index (χ3n) is 6.58. The molecule has 0 heterocycles. The van der Waals surface area contributed by atoms with Crippen molar-refractivity contribution in [3.05, 3.63) is 11.1 Å². The van der Waals surface area contributed by atoms with Crippen LogP contribution in [-0.2, 0) is 0 Å². The Morgan fingerprint density at radius 1 is 0.269 bits per heavy atom. The quantitative estimate of drug-likeness (QED) is 0.376. The van der Waals surface area contributed by atoms with Gasteiger partial charge in [-0.05, 0) is 39.5 Å². The van der Waals surface area contributed by atoms with Crippen LogP contribution in [0.1, 0.15) is 155 Å². The lowest BCUT2D eigenvalue weighted by atomic mass is 9.98. The highest BCUT2D eigenvalue weighted by Gasteiger charge is 2.00. The first-order valence-corrected chi connectivity index (χ1v) is 12.5. The van der Waals surface area contributed by atoms with Crippen molar-refractivity contribution < 1.29 is 0 Å². The number of hydrogen-bond acceptors (Lipinski definition) is 0. The van der Waals surface area contributed by atoms with Crippen LogP contribution in [0.15, 0.2) is 11.1 Å². The van der Waals surface area contributed by atoms with Crippen molar-refractivity contribution in [2.45, 2.75) is 155 Å². The van der Waals surface area contributed by atoms with Gasteiger partial charge in [-0.25, -0.2) is 0 Å². The van der Waals surface area contributed by atoms with Crippen molar-refractivity contribution in [1.29, 1.82) is 0 Å². The molecular formula is C26H50. The van der Waals surface area contributed by atoms with Crippen molar-refractivity contribution in [2.75, 3.05) is 0 Å². The van der Waals surface area contributed by atoms with Crippen LogP contribution < -0.4 is 0 Å². The highest BCUT2D eigenvalue weighted by Crippen LogP contribution is 2.20. The smallest absolute Gasteiger partial charge is 0.0320 e. The number of hydrogen-bond donors (Lipinski definition) is 0. The summed E-state index contributed by atoms with van der Waals surface area (Å²) in [7, 11) is 0. The molecule has 0 aromatic rings. The van der Waals surface area contributed by atoms with Crippen molar-refractivity contribution in [3.63, 3.8) is 0 Å². The van der Waals surface area contributed by atoms with Gasteiger partial charge in [-0.2, -0.15) is 0 Å². The standard InChI is InChI=1S/C26H50/c1-25-23-21-19-17-15-13-11-9-7-5-3-4-6-8-10-12-14-16-18-20-22-24-26(25)2/h3-24H2,1-2H3/b26-25-. The molecule has 0 N–H and O–H groups in total. The fraction of sp³-hybridized carbons (Fsp3) is 0.923. The maximum atomic E-state index is 2.39. The summed E-state index contributed by atoms with van der Waals surface area (Å²) in [5, 5.41) is 0. The van der Waals surface area contributed by atoms with Crippen molar-refractivity contribution in [2.24, 2.45) is 0 Å². The average molecular weight is 363 g/mol. The van der Waals surface area contributed by atoms with E-state index in [2.05, 4.69) is 13.8 Å². The summed E-state index contributed by atoms with van der Waals surface area (Å²) in [4.78, 5) is 0. The van der Waals surface area contributed by atoms with Crippen molar-refractivity contribution in [3.8, 4) is 0 Å². The van der Waals surface area contributed by atoms with E-state index >= 15 is 0 Å². The monoisotopic (exact) mass is 362 g/mol. The van der Waals surface area contributed by atoms with Crippen LogP contribution in [-0.4, -0.2) is 0 Å². The Bertz CT molecular complexity index is 293. The highest BCUT2D eigenvalue weighted by molar-refractivity contribution is 5.09. The Morgan fingerprint density at radius 2 is 0.423 bits per heavy atom. The lowest BCUT2D eigenvalue weighted by Crippen LogP contribution is -1.89. The Hall–Kier alpha value is -0.260. The van der Waals surface area contributed by atoms with E-state index in [9.17, 15) is 0 Å². The Kier molecular flexibility index (Phi) is 16.6. The molecule has 0 saturated heterocycles. The van der Waals surface area contributed by atoms with E-state index in [1.54, 1.807) is 11.1 Å². The molecular weight excluding hydrogens is 312 g/mol. The molecule has 1 aliphatic carbocycles. The first kappa shape index (κ1) is 23.8. The van der Waals surface area contributed by atoms with Crippen molar-refractivity contribution >= 4 is 0 Å². The van der Waals surface area contributed by atoms with Gasteiger partial charge in [-0.1, -0.05) is 127 Å². The van der Waals surface area contributed by atoms with Gasteiger partial charge in [0.05, 0.1) is 0 Å². The summed E-state index contributed by atoms with van der Waals surface area (Å²) in [6.07, 6.45) is 32.2. The first-order chi connectivity index (χ1) is 12.8. The maximum absolute atomic E-state index is 2.39. The molecule has 0 radical (unpaired) electrons. The van der Waals surface area contributed by atoms with Crippen molar-refractivity contribution in [1.82, 2.24) is 0 Å². The summed E-state index contributed by atoms with van der Waals surface area (Å²) in [6, 6.07) is 0. The van der Waals surface area contributed by atoms with Crippen LogP contribution >= 0.6 is 0 Å². The second-order valence-electron chi connectivity index (χ2n) is 9.13. The van der Waals surface area contributed by atoms with Crippen LogP contribution in [0.25, 0.3) is 0 Å². The van der Waals surface area contributed by atoms with Gasteiger partial charge in [0, 0.05) is 0 Å². The van der Waals surface area contributed by atoms with Gasteiger partial charge in [-0.15, -0.1) is 0 Å². The molecule has 0 heteroatoms. The minimum Gasteiger partial charge on any atom is -0.0744 e. The molecule has 0 spiro atoms. The van der Waals surface area contributed by atoms with Gasteiger partial charge in [0.1, 0.15) is 0 Å². The topological polar surface area (TPSA) is 0 Å². The molecule has 154 valence electrons. The highest BCUT2D eigenvalue weighted by atomic mass is 14.1. The zero-order chi connectivity index (χ0) is 18.7. The van der Waals surface area contributed by atoms with Gasteiger partial charge in [0.15, 0.2) is 0 Å². The molecule has 26 heavy (non-hydrogen) atoms. The third kappa shape index (κ3) is 14.9. The van der Waals surface area contributed by atoms with Crippen LogP contribution in [0, 0.1) is 0 Å². The van der Waals surface area contributed by atoms with E-state index < -0.39 is 0 Å². The molecule has 0 nitrogen and oxygen atoms in total. The summed E-state index contributed by atoms with van der Waals surface area (Å²) >= 11 is 0. The zero-order valence-electron chi connectivity index (χ0n) is 18.6. The molecule has 0 unspecified atom stereocenters. The van der Waals surface area contributed by atoms with E-state index in [1.807, 2.05) is 0 Å². The van der Waals surface area contributed by atoms with Gasteiger partial charge in [-0.3, -0.25) is 0 Å². The molecule has 1 rings (SSSR count).